The monoisotopic (exact) mass is 450 g/mol. The highest BCUT2D eigenvalue weighted by atomic mass is 32.4. The minimum absolute atomic E-state index is 0.582. The van der Waals surface area contributed by atoms with Crippen LogP contribution in [-0.2, 0) is 13.3 Å². The van der Waals surface area contributed by atoms with Crippen molar-refractivity contribution in [2.75, 3.05) is 25.6 Å². The zero-order valence-corrected chi connectivity index (χ0v) is 22.9. The second-order valence-corrected chi connectivity index (χ2v) is 19.4. The summed E-state index contributed by atoms with van der Waals surface area (Å²) in [6.07, 6.45) is 6.71. The summed E-state index contributed by atoms with van der Waals surface area (Å²) in [4.78, 5) is 0. The molecular formula is C22H50O3SSi2. The highest BCUT2D eigenvalue weighted by Gasteiger charge is 2.43. The molecule has 0 bridgehead atoms. The lowest BCUT2D eigenvalue weighted by molar-refractivity contribution is 0.0536. The fourth-order valence-electron chi connectivity index (χ4n) is 3.28. The van der Waals surface area contributed by atoms with E-state index in [0.29, 0.717) is 5.92 Å². The summed E-state index contributed by atoms with van der Waals surface area (Å²) in [5.41, 5.74) is 0. The molecule has 0 saturated heterocycles. The number of hydrogen-bond donors (Lipinski definition) is 0. The van der Waals surface area contributed by atoms with Crippen LogP contribution >= 0.6 is 11.2 Å². The van der Waals surface area contributed by atoms with Crippen molar-refractivity contribution in [1.29, 1.82) is 0 Å². The SMILES string of the molecule is CCCCO[Si](CC(C)CS[Si](CC)(CC)CC)(OCCCC)OCCCC. The first kappa shape index (κ1) is 28.7. The summed E-state index contributed by atoms with van der Waals surface area (Å²) >= 11 is 2.30. The summed E-state index contributed by atoms with van der Waals surface area (Å²) in [5, 5.41) is 0. The molecule has 28 heavy (non-hydrogen) atoms. The Morgan fingerprint density at radius 2 is 1.07 bits per heavy atom. The minimum Gasteiger partial charge on any atom is -0.373 e. The Kier molecular flexibility index (Phi) is 17.8. The van der Waals surface area contributed by atoms with Gasteiger partial charge in [0.1, 0.15) is 7.22 Å². The second-order valence-electron chi connectivity index (χ2n) is 8.15. The molecule has 0 radical (unpaired) electrons. The van der Waals surface area contributed by atoms with Crippen LogP contribution in [0.25, 0.3) is 0 Å². The standard InChI is InChI=1S/C22H50O3SSi2/c1-8-14-17-23-28(24-18-15-9-2,25-19-16-10-3)21-22(7)20-26-27(11-4,12-5)13-6/h22H,8-21H2,1-7H3. The van der Waals surface area contributed by atoms with Gasteiger partial charge in [0.05, 0.1) is 0 Å². The van der Waals surface area contributed by atoms with E-state index in [1.807, 2.05) is 0 Å². The van der Waals surface area contributed by atoms with E-state index in [0.717, 1.165) is 64.4 Å². The maximum atomic E-state index is 6.44. The van der Waals surface area contributed by atoms with Gasteiger partial charge in [0, 0.05) is 25.9 Å². The van der Waals surface area contributed by atoms with Gasteiger partial charge in [0.25, 0.3) is 0 Å². The van der Waals surface area contributed by atoms with Crippen molar-refractivity contribution < 1.29 is 13.3 Å². The molecule has 0 aliphatic heterocycles. The molecule has 170 valence electrons. The maximum Gasteiger partial charge on any atom is 0.501 e. The van der Waals surface area contributed by atoms with Crippen molar-refractivity contribution in [1.82, 2.24) is 0 Å². The smallest absolute Gasteiger partial charge is 0.373 e. The van der Waals surface area contributed by atoms with E-state index >= 15 is 0 Å². The molecule has 1 atom stereocenters. The Labute approximate surface area is 183 Å². The lowest BCUT2D eigenvalue weighted by Crippen LogP contribution is -2.48. The molecule has 0 aromatic heterocycles. The Hall–Kier alpha value is 0.664. The van der Waals surface area contributed by atoms with Gasteiger partial charge in [-0.3, -0.25) is 0 Å². The van der Waals surface area contributed by atoms with E-state index in [1.165, 1.54) is 23.9 Å². The molecule has 1 unspecified atom stereocenters. The molecule has 0 saturated carbocycles. The number of unbranched alkanes of at least 4 members (excludes halogenated alkanes) is 3. The normalized spacial score (nSPS) is 13.8. The van der Waals surface area contributed by atoms with Crippen molar-refractivity contribution in [3.63, 3.8) is 0 Å². The number of rotatable bonds is 20. The third-order valence-electron chi connectivity index (χ3n) is 5.67. The first-order valence-corrected chi connectivity index (χ1v) is 18.3. The van der Waals surface area contributed by atoms with Crippen LogP contribution in [0.3, 0.4) is 0 Å². The molecule has 0 aliphatic rings. The van der Waals surface area contributed by atoms with E-state index in [4.69, 9.17) is 13.3 Å². The lowest BCUT2D eigenvalue weighted by Gasteiger charge is -2.33. The molecule has 3 nitrogen and oxygen atoms in total. The molecule has 0 amide bonds. The Balaban J connectivity index is 5.07. The molecule has 0 aliphatic carbocycles. The highest BCUT2D eigenvalue weighted by molar-refractivity contribution is 8.28. The third kappa shape index (κ3) is 11.7. The van der Waals surface area contributed by atoms with Crippen molar-refractivity contribution in [2.45, 2.75) is 111 Å². The van der Waals surface area contributed by atoms with Crippen molar-refractivity contribution in [3.8, 4) is 0 Å². The van der Waals surface area contributed by atoms with E-state index < -0.39 is 16.0 Å². The van der Waals surface area contributed by atoms with E-state index in [2.05, 4.69) is 59.7 Å². The summed E-state index contributed by atoms with van der Waals surface area (Å²) in [5.74, 6) is 1.81. The van der Waals surface area contributed by atoms with Gasteiger partial charge >= 0.3 is 8.80 Å². The number of hydrogen-bond acceptors (Lipinski definition) is 4. The Morgan fingerprint density at radius 1 is 0.679 bits per heavy atom. The molecule has 6 heteroatoms. The summed E-state index contributed by atoms with van der Waals surface area (Å²) in [7, 11) is -3.73. The minimum atomic E-state index is -2.60. The van der Waals surface area contributed by atoms with E-state index in [9.17, 15) is 0 Å². The quantitative estimate of drug-likeness (QED) is 0.140. The van der Waals surface area contributed by atoms with Crippen LogP contribution in [0.2, 0.25) is 24.2 Å². The first-order chi connectivity index (χ1) is 13.5. The molecule has 0 N–H and O–H groups in total. The zero-order valence-electron chi connectivity index (χ0n) is 20.1. The molecular weight excluding hydrogens is 400 g/mol. The van der Waals surface area contributed by atoms with Gasteiger partial charge in [-0.15, -0.1) is 0 Å². The Bertz CT molecular complexity index is 320. The van der Waals surface area contributed by atoms with Gasteiger partial charge in [-0.05, 0) is 30.9 Å². The third-order valence-corrected chi connectivity index (χ3v) is 18.9. The van der Waals surface area contributed by atoms with Crippen LogP contribution in [0.15, 0.2) is 0 Å². The summed E-state index contributed by atoms with van der Waals surface area (Å²) in [6, 6.07) is 5.12. The van der Waals surface area contributed by atoms with Gasteiger partial charge < -0.3 is 13.3 Å². The topological polar surface area (TPSA) is 27.7 Å². The maximum absolute atomic E-state index is 6.44. The highest BCUT2D eigenvalue weighted by Crippen LogP contribution is 2.35. The fourth-order valence-corrected chi connectivity index (χ4v) is 13.1. The van der Waals surface area contributed by atoms with Crippen molar-refractivity contribution >= 4 is 27.2 Å². The molecule has 0 heterocycles. The Morgan fingerprint density at radius 3 is 1.39 bits per heavy atom. The van der Waals surface area contributed by atoms with Crippen LogP contribution in [-0.4, -0.2) is 41.6 Å². The lowest BCUT2D eigenvalue weighted by atomic mass is 10.3. The van der Waals surface area contributed by atoms with E-state index in [-0.39, 0.29) is 0 Å². The second kappa shape index (κ2) is 17.4. The largest absolute Gasteiger partial charge is 0.501 e. The fraction of sp³-hybridized carbons (Fsp3) is 1.00. The van der Waals surface area contributed by atoms with Crippen molar-refractivity contribution in [2.24, 2.45) is 5.92 Å². The van der Waals surface area contributed by atoms with Gasteiger partial charge in [-0.2, -0.15) is 11.2 Å². The summed E-state index contributed by atoms with van der Waals surface area (Å²) in [6.45, 7) is 18.5. The van der Waals surface area contributed by atoms with Crippen LogP contribution in [0.5, 0.6) is 0 Å². The van der Waals surface area contributed by atoms with Crippen LogP contribution in [0.4, 0.5) is 0 Å². The van der Waals surface area contributed by atoms with Gasteiger partial charge in [-0.25, -0.2) is 0 Å². The molecule has 0 spiro atoms. The molecule has 0 rings (SSSR count). The average Bonchev–Trinajstić information content (AvgIpc) is 2.70. The van der Waals surface area contributed by atoms with Crippen molar-refractivity contribution in [3.05, 3.63) is 0 Å². The van der Waals surface area contributed by atoms with Crippen LogP contribution in [0, 0.1) is 5.92 Å². The van der Waals surface area contributed by atoms with Crippen LogP contribution in [0.1, 0.15) is 87.0 Å². The van der Waals surface area contributed by atoms with Gasteiger partial charge in [-0.1, -0.05) is 85.9 Å². The molecule has 0 aromatic carbocycles. The summed E-state index contributed by atoms with van der Waals surface area (Å²) < 4.78 is 19.3. The predicted molar refractivity (Wildman–Crippen MR) is 132 cm³/mol. The first-order valence-electron chi connectivity index (χ1n) is 12.0. The zero-order chi connectivity index (χ0) is 21.3. The van der Waals surface area contributed by atoms with E-state index in [1.54, 1.807) is 0 Å². The van der Waals surface area contributed by atoms with Gasteiger partial charge in [0.15, 0.2) is 0 Å². The van der Waals surface area contributed by atoms with Crippen LogP contribution < -0.4 is 0 Å². The molecule has 0 aromatic rings. The predicted octanol–water partition coefficient (Wildman–Crippen LogP) is 7.75. The molecule has 0 fully saturated rings. The average molecular weight is 451 g/mol. The van der Waals surface area contributed by atoms with Gasteiger partial charge in [0.2, 0.25) is 0 Å².